The largest absolute Gasteiger partial charge is 0.315 e. The zero-order chi connectivity index (χ0) is 14.5. The molecule has 0 radical (unpaired) electrons. The topological polar surface area (TPSA) is 28.2 Å². The van der Waals surface area contributed by atoms with Gasteiger partial charge < -0.3 is 5.32 Å². The van der Waals surface area contributed by atoms with E-state index in [0.29, 0.717) is 0 Å². The molecule has 2 heterocycles. The number of benzene rings is 1. The van der Waals surface area contributed by atoms with Crippen LogP contribution in [0.4, 0.5) is 0 Å². The monoisotopic (exact) mass is 301 g/mol. The van der Waals surface area contributed by atoms with E-state index in [1.807, 2.05) is 30.6 Å². The summed E-state index contributed by atoms with van der Waals surface area (Å²) >= 11 is 6.47. The Labute approximate surface area is 131 Å². The summed E-state index contributed by atoms with van der Waals surface area (Å²) in [5.41, 5.74) is 2.36. The van der Waals surface area contributed by atoms with Crippen LogP contribution in [-0.2, 0) is 0 Å². The van der Waals surface area contributed by atoms with E-state index in [-0.39, 0.29) is 6.04 Å². The van der Waals surface area contributed by atoms with Crippen LogP contribution in [0.25, 0.3) is 0 Å². The van der Waals surface area contributed by atoms with Crippen molar-refractivity contribution in [3.8, 4) is 0 Å². The van der Waals surface area contributed by atoms with Crippen molar-refractivity contribution >= 4 is 11.6 Å². The first-order chi connectivity index (χ1) is 10.4. The zero-order valence-electron chi connectivity index (χ0n) is 12.0. The van der Waals surface area contributed by atoms with Crippen molar-refractivity contribution in [3.63, 3.8) is 0 Å². The smallest absolute Gasteiger partial charge is 0.0632 e. The molecule has 1 aliphatic rings. The van der Waals surface area contributed by atoms with Crippen molar-refractivity contribution in [1.82, 2.24) is 15.2 Å². The molecule has 2 aromatic rings. The van der Waals surface area contributed by atoms with Crippen LogP contribution < -0.4 is 5.32 Å². The highest BCUT2D eigenvalue weighted by molar-refractivity contribution is 6.31. The van der Waals surface area contributed by atoms with Crippen LogP contribution in [0.5, 0.6) is 0 Å². The first kappa shape index (κ1) is 14.5. The molecule has 0 spiro atoms. The minimum absolute atomic E-state index is 0.173. The molecule has 0 bridgehead atoms. The number of pyridine rings is 1. The van der Waals surface area contributed by atoms with E-state index in [2.05, 4.69) is 33.4 Å². The van der Waals surface area contributed by atoms with Gasteiger partial charge in [0.15, 0.2) is 0 Å². The van der Waals surface area contributed by atoms with E-state index in [4.69, 9.17) is 11.6 Å². The van der Waals surface area contributed by atoms with Gasteiger partial charge in [-0.25, -0.2) is 0 Å². The molecule has 0 aliphatic carbocycles. The Balaban J connectivity index is 2.00. The van der Waals surface area contributed by atoms with E-state index >= 15 is 0 Å². The number of halogens is 1. The second-order valence-corrected chi connectivity index (χ2v) is 5.76. The standard InChI is InChI=1S/C17H20ClN3/c18-16-7-2-1-6-15(16)17(14-5-3-8-20-13-14)21-11-4-9-19-10-12-21/h1-3,5-8,13,17,19H,4,9-12H2. The van der Waals surface area contributed by atoms with Crippen LogP contribution in [0.15, 0.2) is 48.8 Å². The van der Waals surface area contributed by atoms with Crippen molar-refractivity contribution in [2.75, 3.05) is 26.2 Å². The van der Waals surface area contributed by atoms with Gasteiger partial charge in [0.25, 0.3) is 0 Å². The van der Waals surface area contributed by atoms with Gasteiger partial charge in [-0.05, 0) is 36.2 Å². The van der Waals surface area contributed by atoms with Crippen LogP contribution in [0.3, 0.4) is 0 Å². The predicted molar refractivity (Wildman–Crippen MR) is 86.6 cm³/mol. The van der Waals surface area contributed by atoms with Gasteiger partial charge >= 0.3 is 0 Å². The maximum absolute atomic E-state index is 6.47. The molecule has 0 saturated carbocycles. The lowest BCUT2D eigenvalue weighted by atomic mass is 9.98. The Hall–Kier alpha value is -1.42. The van der Waals surface area contributed by atoms with E-state index in [9.17, 15) is 0 Å². The predicted octanol–water partition coefficient (Wildman–Crippen LogP) is 3.12. The molecule has 110 valence electrons. The molecule has 0 amide bonds. The van der Waals surface area contributed by atoms with Crippen molar-refractivity contribution < 1.29 is 0 Å². The Bertz CT molecular complexity index is 565. The van der Waals surface area contributed by atoms with Crippen molar-refractivity contribution in [2.45, 2.75) is 12.5 Å². The second kappa shape index (κ2) is 7.03. The van der Waals surface area contributed by atoms with E-state index in [1.54, 1.807) is 0 Å². The summed E-state index contributed by atoms with van der Waals surface area (Å²) in [5, 5.41) is 4.28. The molecular weight excluding hydrogens is 282 g/mol. The molecule has 3 rings (SSSR count). The summed E-state index contributed by atoms with van der Waals surface area (Å²) in [7, 11) is 0. The first-order valence-corrected chi connectivity index (χ1v) is 7.83. The number of nitrogens with one attached hydrogen (secondary N) is 1. The third kappa shape index (κ3) is 3.43. The summed E-state index contributed by atoms with van der Waals surface area (Å²) in [4.78, 5) is 6.79. The number of rotatable bonds is 3. The average molecular weight is 302 g/mol. The van der Waals surface area contributed by atoms with E-state index < -0.39 is 0 Å². The lowest BCUT2D eigenvalue weighted by molar-refractivity contribution is 0.241. The molecule has 1 saturated heterocycles. The molecular formula is C17H20ClN3. The highest BCUT2D eigenvalue weighted by Crippen LogP contribution is 2.33. The molecule has 1 unspecified atom stereocenters. The Kier molecular flexibility index (Phi) is 4.86. The van der Waals surface area contributed by atoms with Crippen LogP contribution >= 0.6 is 11.6 Å². The minimum Gasteiger partial charge on any atom is -0.315 e. The summed E-state index contributed by atoms with van der Waals surface area (Å²) in [6, 6.07) is 12.4. The quantitative estimate of drug-likeness (QED) is 0.944. The molecule has 21 heavy (non-hydrogen) atoms. The highest BCUT2D eigenvalue weighted by Gasteiger charge is 2.24. The van der Waals surface area contributed by atoms with Crippen molar-refractivity contribution in [2.24, 2.45) is 0 Å². The van der Waals surface area contributed by atoms with Gasteiger partial charge in [-0.15, -0.1) is 0 Å². The molecule has 1 aromatic carbocycles. The van der Waals surface area contributed by atoms with Gasteiger partial charge in [-0.1, -0.05) is 35.9 Å². The van der Waals surface area contributed by atoms with Crippen LogP contribution in [0.2, 0.25) is 5.02 Å². The maximum atomic E-state index is 6.47. The lowest BCUT2D eigenvalue weighted by Crippen LogP contribution is -2.33. The zero-order valence-corrected chi connectivity index (χ0v) is 12.8. The second-order valence-electron chi connectivity index (χ2n) is 5.35. The molecule has 1 aliphatic heterocycles. The fraction of sp³-hybridized carbons (Fsp3) is 0.353. The third-order valence-electron chi connectivity index (χ3n) is 3.94. The fourth-order valence-corrected chi connectivity index (χ4v) is 3.19. The minimum atomic E-state index is 0.173. The maximum Gasteiger partial charge on any atom is 0.0632 e. The number of hydrogen-bond acceptors (Lipinski definition) is 3. The van der Waals surface area contributed by atoms with Crippen LogP contribution in [0, 0.1) is 0 Å². The number of hydrogen-bond donors (Lipinski definition) is 1. The van der Waals surface area contributed by atoms with Gasteiger partial charge in [0.1, 0.15) is 0 Å². The lowest BCUT2D eigenvalue weighted by Gasteiger charge is -2.31. The number of aromatic nitrogens is 1. The normalized spacial score (nSPS) is 18.1. The van der Waals surface area contributed by atoms with Gasteiger partial charge in [0, 0.05) is 37.1 Å². The van der Waals surface area contributed by atoms with Crippen LogP contribution in [0.1, 0.15) is 23.6 Å². The Morgan fingerprint density at radius 1 is 1.10 bits per heavy atom. The molecule has 4 heteroatoms. The van der Waals surface area contributed by atoms with Crippen LogP contribution in [-0.4, -0.2) is 36.1 Å². The van der Waals surface area contributed by atoms with Gasteiger partial charge in [-0.2, -0.15) is 0 Å². The molecule has 1 aromatic heterocycles. The average Bonchev–Trinajstić information content (AvgIpc) is 2.80. The van der Waals surface area contributed by atoms with Crippen molar-refractivity contribution in [3.05, 3.63) is 64.9 Å². The first-order valence-electron chi connectivity index (χ1n) is 7.45. The summed E-state index contributed by atoms with van der Waals surface area (Å²) in [6.45, 7) is 4.18. The third-order valence-corrected chi connectivity index (χ3v) is 4.28. The Morgan fingerprint density at radius 2 is 2.00 bits per heavy atom. The summed E-state index contributed by atoms with van der Waals surface area (Å²) < 4.78 is 0. The van der Waals surface area contributed by atoms with Gasteiger partial charge in [-0.3, -0.25) is 9.88 Å². The van der Waals surface area contributed by atoms with Gasteiger partial charge in [0.2, 0.25) is 0 Å². The molecule has 1 atom stereocenters. The SMILES string of the molecule is Clc1ccccc1C(c1cccnc1)N1CCCNCC1. The summed E-state index contributed by atoms with van der Waals surface area (Å²) in [6.07, 6.45) is 4.92. The highest BCUT2D eigenvalue weighted by atomic mass is 35.5. The van der Waals surface area contributed by atoms with E-state index in [0.717, 1.165) is 43.2 Å². The van der Waals surface area contributed by atoms with Gasteiger partial charge in [0.05, 0.1) is 6.04 Å². The molecule has 1 fully saturated rings. The molecule has 3 nitrogen and oxygen atoms in total. The Morgan fingerprint density at radius 3 is 2.81 bits per heavy atom. The fourth-order valence-electron chi connectivity index (χ4n) is 2.95. The summed E-state index contributed by atoms with van der Waals surface area (Å²) in [5.74, 6) is 0. The van der Waals surface area contributed by atoms with E-state index in [1.165, 1.54) is 5.56 Å². The van der Waals surface area contributed by atoms with Crippen molar-refractivity contribution in [1.29, 1.82) is 0 Å². The molecule has 1 N–H and O–H groups in total. The number of nitrogens with zero attached hydrogens (tertiary/aromatic N) is 2.